The van der Waals surface area contributed by atoms with Gasteiger partial charge in [0.15, 0.2) is 0 Å². The van der Waals surface area contributed by atoms with Gasteiger partial charge < -0.3 is 10.2 Å². The zero-order chi connectivity index (χ0) is 23.8. The fourth-order valence-electron chi connectivity index (χ4n) is 3.57. The second-order valence-corrected chi connectivity index (χ2v) is 7.71. The summed E-state index contributed by atoms with van der Waals surface area (Å²) in [5.74, 6) is 0.405. The van der Waals surface area contributed by atoms with Gasteiger partial charge in [-0.3, -0.25) is 10.0 Å². The number of aromatic nitrogens is 1. The Morgan fingerprint density at radius 1 is 1.12 bits per heavy atom. The minimum Gasteiger partial charge on any atom is -0.363 e. The highest BCUT2D eigenvalue weighted by atomic mass is 19.4. The lowest BCUT2D eigenvalue weighted by atomic mass is 9.96. The number of nitrogens with zero attached hydrogens (tertiary/aromatic N) is 3. The number of pyridine rings is 1. The van der Waals surface area contributed by atoms with Gasteiger partial charge in [0.25, 0.3) is 5.91 Å². The van der Waals surface area contributed by atoms with Gasteiger partial charge in [0.05, 0.1) is 11.3 Å². The Kier molecular flexibility index (Phi) is 5.77. The van der Waals surface area contributed by atoms with Gasteiger partial charge in [-0.1, -0.05) is 6.07 Å². The summed E-state index contributed by atoms with van der Waals surface area (Å²) < 4.78 is 41.6. The van der Waals surface area contributed by atoms with Gasteiger partial charge in [0.1, 0.15) is 11.7 Å². The van der Waals surface area contributed by atoms with E-state index < -0.39 is 17.6 Å². The summed E-state index contributed by atoms with van der Waals surface area (Å²) in [4.78, 5) is 21.9. The topological polar surface area (TPSA) is 89.9 Å². The van der Waals surface area contributed by atoms with Crippen molar-refractivity contribution in [2.45, 2.75) is 12.6 Å². The molecule has 2 aromatic carbocycles. The number of fused-ring (bicyclic) bond motifs is 1. The first-order valence-corrected chi connectivity index (χ1v) is 9.92. The van der Waals surface area contributed by atoms with Gasteiger partial charge in [0, 0.05) is 43.5 Å². The molecule has 0 fully saturated rings. The van der Waals surface area contributed by atoms with E-state index in [0.717, 1.165) is 6.07 Å². The normalized spacial score (nSPS) is 12.7. The monoisotopic (exact) mass is 455 g/mol. The molecule has 7 nitrogen and oxygen atoms in total. The fraction of sp³-hybridized carbons (Fsp3) is 0.174. The third kappa shape index (κ3) is 4.65. The number of carbonyl (C=O) groups excluding carboxylic acids is 1. The quantitative estimate of drug-likeness (QED) is 0.394. The number of alkyl halides is 3. The smallest absolute Gasteiger partial charge is 0.363 e. The number of rotatable bonds is 4. The third-order valence-electron chi connectivity index (χ3n) is 5.17. The van der Waals surface area contributed by atoms with Crippen molar-refractivity contribution in [2.75, 3.05) is 24.3 Å². The highest BCUT2D eigenvalue weighted by molar-refractivity contribution is 6.03. The van der Waals surface area contributed by atoms with Crippen LogP contribution in [0.25, 0.3) is 11.1 Å². The molecule has 2 heterocycles. The zero-order valence-electron chi connectivity index (χ0n) is 17.7. The Morgan fingerprint density at radius 3 is 2.55 bits per heavy atom. The number of hydroxylamine groups is 1. The maximum Gasteiger partial charge on any atom is 0.417 e. The largest absolute Gasteiger partial charge is 0.417 e. The Bertz CT molecular complexity index is 1240. The molecule has 0 bridgehead atoms. The Hall–Kier alpha value is -3.92. The summed E-state index contributed by atoms with van der Waals surface area (Å²) in [5.41, 5.74) is 2.78. The highest BCUT2D eigenvalue weighted by Crippen LogP contribution is 2.42. The molecule has 0 saturated heterocycles. The molecule has 1 aromatic heterocycles. The molecule has 0 unspecified atom stereocenters. The molecule has 0 saturated carbocycles. The highest BCUT2D eigenvalue weighted by Gasteiger charge is 2.35. The van der Waals surface area contributed by atoms with Crippen molar-refractivity contribution in [3.05, 3.63) is 71.4 Å². The summed E-state index contributed by atoms with van der Waals surface area (Å²) in [5, 5.41) is 11.8. The van der Waals surface area contributed by atoms with E-state index in [9.17, 15) is 18.0 Å². The standard InChI is InChI=1S/C23H20F3N5O2/c1-31(2)21-7-6-14(12-27-21)17-9-15-10-20(29-19(15)11-18(17)23(24,25)26)28-16-5-3-4-13(8-16)22(32)30-33/h3-9,11-12,33H,10H2,1-2H3,(H,28,29)(H,30,32). The molecule has 4 rings (SSSR count). The van der Waals surface area contributed by atoms with Gasteiger partial charge in [-0.2, -0.15) is 13.2 Å². The van der Waals surface area contributed by atoms with Gasteiger partial charge in [-0.05, 0) is 53.6 Å². The minimum absolute atomic E-state index is 0.0390. The molecule has 0 radical (unpaired) electrons. The summed E-state index contributed by atoms with van der Waals surface area (Å²) in [7, 11) is 3.60. The summed E-state index contributed by atoms with van der Waals surface area (Å²) in [6.07, 6.45) is -2.85. The second kappa shape index (κ2) is 8.55. The number of hydrogen-bond donors (Lipinski definition) is 3. The van der Waals surface area contributed by atoms with E-state index in [0.29, 0.717) is 34.9 Å². The van der Waals surface area contributed by atoms with Crippen LogP contribution in [0.5, 0.6) is 0 Å². The number of benzene rings is 2. The van der Waals surface area contributed by atoms with E-state index in [1.54, 1.807) is 48.7 Å². The van der Waals surface area contributed by atoms with Crippen molar-refractivity contribution in [1.29, 1.82) is 0 Å². The van der Waals surface area contributed by atoms with Gasteiger partial charge in [0.2, 0.25) is 0 Å². The Labute approximate surface area is 187 Å². The molecule has 33 heavy (non-hydrogen) atoms. The van der Waals surface area contributed by atoms with Crippen LogP contribution in [0.15, 0.2) is 59.7 Å². The van der Waals surface area contributed by atoms with Gasteiger partial charge in [-0.25, -0.2) is 15.5 Å². The molecule has 1 aliphatic rings. The number of nitrogens with one attached hydrogen (secondary N) is 2. The zero-order valence-corrected chi connectivity index (χ0v) is 17.7. The Balaban J connectivity index is 1.66. The van der Waals surface area contributed by atoms with E-state index in [1.807, 2.05) is 0 Å². The summed E-state index contributed by atoms with van der Waals surface area (Å²) in [6.45, 7) is 0. The van der Waals surface area contributed by atoms with E-state index in [-0.39, 0.29) is 16.8 Å². The maximum absolute atomic E-state index is 13.9. The van der Waals surface area contributed by atoms with E-state index in [2.05, 4.69) is 15.3 Å². The predicted octanol–water partition coefficient (Wildman–Crippen LogP) is 4.65. The van der Waals surface area contributed by atoms with Crippen LogP contribution >= 0.6 is 0 Å². The fourth-order valence-corrected chi connectivity index (χ4v) is 3.57. The van der Waals surface area contributed by atoms with E-state index in [4.69, 9.17) is 5.21 Å². The molecular weight excluding hydrogens is 435 g/mol. The number of hydrogen-bond acceptors (Lipinski definition) is 6. The van der Waals surface area contributed by atoms with Crippen LogP contribution in [-0.2, 0) is 12.6 Å². The summed E-state index contributed by atoms with van der Waals surface area (Å²) >= 11 is 0. The number of amides is 1. The molecule has 3 N–H and O–H groups in total. The van der Waals surface area contributed by atoms with Crippen molar-refractivity contribution in [3.63, 3.8) is 0 Å². The first kappa shape index (κ1) is 22.3. The van der Waals surface area contributed by atoms with Gasteiger partial charge >= 0.3 is 6.18 Å². The second-order valence-electron chi connectivity index (χ2n) is 7.71. The average molecular weight is 455 g/mol. The molecule has 1 aliphatic heterocycles. The lowest BCUT2D eigenvalue weighted by Crippen LogP contribution is -2.19. The number of amidine groups is 1. The van der Waals surface area contributed by atoms with Crippen molar-refractivity contribution in [3.8, 4) is 11.1 Å². The number of aliphatic imine (C=N–C) groups is 1. The molecule has 10 heteroatoms. The molecular formula is C23H20F3N5O2. The van der Waals surface area contributed by atoms with Crippen molar-refractivity contribution >= 4 is 28.9 Å². The maximum atomic E-state index is 13.9. The first-order valence-electron chi connectivity index (χ1n) is 9.92. The number of anilines is 2. The van der Waals surface area contributed by atoms with Crippen LogP contribution in [0.4, 0.5) is 30.4 Å². The summed E-state index contributed by atoms with van der Waals surface area (Å²) in [6, 6.07) is 12.1. The molecule has 0 aliphatic carbocycles. The first-order chi connectivity index (χ1) is 15.7. The van der Waals surface area contributed by atoms with Crippen molar-refractivity contribution in [1.82, 2.24) is 10.5 Å². The van der Waals surface area contributed by atoms with Crippen LogP contribution in [-0.4, -0.2) is 36.0 Å². The lowest BCUT2D eigenvalue weighted by Gasteiger charge is -2.16. The van der Waals surface area contributed by atoms with Gasteiger partial charge in [-0.15, -0.1) is 0 Å². The Morgan fingerprint density at radius 2 is 1.91 bits per heavy atom. The molecule has 0 atom stereocenters. The van der Waals surface area contributed by atoms with Crippen LogP contribution in [0, 0.1) is 0 Å². The lowest BCUT2D eigenvalue weighted by molar-refractivity contribution is -0.137. The van der Waals surface area contributed by atoms with Crippen molar-refractivity contribution in [2.24, 2.45) is 4.99 Å². The SMILES string of the molecule is CN(C)c1ccc(-c2cc3c(cc2C(F)(F)F)N=C(Nc2cccc(C(=O)NO)c2)C3)cn1. The molecule has 0 spiro atoms. The van der Waals surface area contributed by atoms with Crippen LogP contribution in [0.2, 0.25) is 0 Å². The van der Waals surface area contributed by atoms with E-state index in [1.165, 1.54) is 24.4 Å². The van der Waals surface area contributed by atoms with Crippen LogP contribution < -0.4 is 15.7 Å². The molecule has 3 aromatic rings. The third-order valence-corrected chi connectivity index (χ3v) is 5.17. The van der Waals surface area contributed by atoms with Crippen LogP contribution in [0.1, 0.15) is 21.5 Å². The number of halogens is 3. The van der Waals surface area contributed by atoms with E-state index >= 15 is 0 Å². The minimum atomic E-state index is -4.57. The van der Waals surface area contributed by atoms with Crippen molar-refractivity contribution < 1.29 is 23.2 Å². The average Bonchev–Trinajstić information content (AvgIpc) is 3.18. The number of carbonyl (C=O) groups is 1. The predicted molar refractivity (Wildman–Crippen MR) is 119 cm³/mol. The molecule has 170 valence electrons. The van der Waals surface area contributed by atoms with Crippen LogP contribution in [0.3, 0.4) is 0 Å². The molecule has 1 amide bonds.